The summed E-state index contributed by atoms with van der Waals surface area (Å²) in [7, 11) is -3.74. The molecule has 0 unspecified atom stereocenters. The number of hydrogen-bond acceptors (Lipinski definition) is 5. The van der Waals surface area contributed by atoms with Crippen LogP contribution in [-0.4, -0.2) is 37.7 Å². The Labute approximate surface area is 129 Å². The normalized spacial score (nSPS) is 19.6. The van der Waals surface area contributed by atoms with E-state index < -0.39 is 21.9 Å². The second-order valence-electron chi connectivity index (χ2n) is 5.23. The third-order valence-electron chi connectivity index (χ3n) is 3.53. The van der Waals surface area contributed by atoms with Gasteiger partial charge in [0.15, 0.2) is 0 Å². The fraction of sp³-hybridized carbons (Fsp3) is 0.429. The molecule has 1 aromatic rings. The van der Waals surface area contributed by atoms with Gasteiger partial charge < -0.3 is 15.2 Å². The number of nitrogens with one attached hydrogen (secondary N) is 1. The molecule has 1 atom stereocenters. The summed E-state index contributed by atoms with van der Waals surface area (Å²) in [4.78, 5) is 22.0. The minimum absolute atomic E-state index is 0.0700. The zero-order valence-electron chi connectivity index (χ0n) is 12.1. The third kappa shape index (κ3) is 3.63. The molecule has 0 spiro atoms. The van der Waals surface area contributed by atoms with Crippen LogP contribution in [0.15, 0.2) is 29.2 Å². The van der Waals surface area contributed by atoms with Crippen LogP contribution in [0.1, 0.15) is 19.8 Å². The molecule has 1 heterocycles. The van der Waals surface area contributed by atoms with Gasteiger partial charge >= 0.3 is 0 Å². The predicted molar refractivity (Wildman–Crippen MR) is 77.2 cm³/mol. The standard InChI is InChI=1S/C14H18N2O5S/c1-10(17)15-12-4-6-13(7-5-12)22(20,21)16-8-2-3-11(9-16)14(18)19/h4-7,11H,2-3,8-9H2,1H3,(H,15,17)(H,18,19)/p-1/t11-/m1/s1. The van der Waals surface area contributed by atoms with Crippen LogP contribution in [-0.2, 0) is 19.6 Å². The second-order valence-corrected chi connectivity index (χ2v) is 7.16. The number of rotatable bonds is 4. The summed E-state index contributed by atoms with van der Waals surface area (Å²) < 4.78 is 26.2. The van der Waals surface area contributed by atoms with Crippen molar-refractivity contribution in [2.45, 2.75) is 24.7 Å². The van der Waals surface area contributed by atoms with Crippen molar-refractivity contribution in [2.75, 3.05) is 18.4 Å². The Morgan fingerprint density at radius 2 is 1.91 bits per heavy atom. The summed E-state index contributed by atoms with van der Waals surface area (Å²) in [6.07, 6.45) is 0.914. The Hall–Kier alpha value is -1.93. The van der Waals surface area contributed by atoms with Crippen molar-refractivity contribution in [1.29, 1.82) is 0 Å². The highest BCUT2D eigenvalue weighted by atomic mass is 32.2. The molecule has 0 aliphatic carbocycles. The van der Waals surface area contributed by atoms with Gasteiger partial charge in [-0.3, -0.25) is 4.79 Å². The van der Waals surface area contributed by atoms with Crippen LogP contribution < -0.4 is 10.4 Å². The second kappa shape index (κ2) is 6.45. The topological polar surface area (TPSA) is 107 Å². The van der Waals surface area contributed by atoms with Crippen LogP contribution in [0, 0.1) is 5.92 Å². The van der Waals surface area contributed by atoms with Crippen molar-refractivity contribution in [3.8, 4) is 0 Å². The maximum Gasteiger partial charge on any atom is 0.243 e. The molecule has 0 radical (unpaired) electrons. The zero-order chi connectivity index (χ0) is 16.3. The Balaban J connectivity index is 2.19. The molecule has 0 bridgehead atoms. The summed E-state index contributed by atoms with van der Waals surface area (Å²) in [6, 6.07) is 5.77. The lowest BCUT2D eigenvalue weighted by molar-refractivity contribution is -0.312. The molecular formula is C14H17N2O5S-. The monoisotopic (exact) mass is 325 g/mol. The number of nitrogens with zero attached hydrogens (tertiary/aromatic N) is 1. The molecule has 1 amide bonds. The summed E-state index contributed by atoms with van der Waals surface area (Å²) in [5.41, 5.74) is 0.498. The average molecular weight is 325 g/mol. The molecule has 2 rings (SSSR count). The van der Waals surface area contributed by atoms with Crippen molar-refractivity contribution in [3.63, 3.8) is 0 Å². The molecule has 1 fully saturated rings. The maximum absolute atomic E-state index is 12.5. The van der Waals surface area contributed by atoms with Gasteiger partial charge in [-0.15, -0.1) is 0 Å². The van der Waals surface area contributed by atoms with E-state index in [0.717, 1.165) is 0 Å². The van der Waals surface area contributed by atoms with Crippen LogP contribution >= 0.6 is 0 Å². The van der Waals surface area contributed by atoms with E-state index in [-0.39, 0.29) is 17.3 Å². The van der Waals surface area contributed by atoms with Crippen LogP contribution in [0.4, 0.5) is 5.69 Å². The molecule has 1 saturated heterocycles. The number of carbonyl (C=O) groups is 2. The number of benzene rings is 1. The minimum Gasteiger partial charge on any atom is -0.550 e. The molecular weight excluding hydrogens is 308 g/mol. The first-order chi connectivity index (χ1) is 10.3. The number of carbonyl (C=O) groups excluding carboxylic acids is 2. The van der Waals surface area contributed by atoms with E-state index in [4.69, 9.17) is 0 Å². The lowest BCUT2D eigenvalue weighted by atomic mass is 10.0. The Morgan fingerprint density at radius 1 is 1.27 bits per heavy atom. The van der Waals surface area contributed by atoms with E-state index in [9.17, 15) is 23.1 Å². The van der Waals surface area contributed by atoms with Crippen molar-refractivity contribution in [2.24, 2.45) is 5.92 Å². The van der Waals surface area contributed by atoms with Crippen molar-refractivity contribution in [3.05, 3.63) is 24.3 Å². The SMILES string of the molecule is CC(=O)Nc1ccc(S(=O)(=O)N2CCC[C@@H](C(=O)[O-])C2)cc1. The summed E-state index contributed by atoms with van der Waals surface area (Å²) in [6.45, 7) is 1.58. The molecule has 8 heteroatoms. The smallest absolute Gasteiger partial charge is 0.243 e. The minimum atomic E-state index is -3.74. The van der Waals surface area contributed by atoms with Gasteiger partial charge in [0.25, 0.3) is 0 Å². The number of amides is 1. The quantitative estimate of drug-likeness (QED) is 0.825. The van der Waals surface area contributed by atoms with Gasteiger partial charge in [0, 0.05) is 37.6 Å². The molecule has 120 valence electrons. The summed E-state index contributed by atoms with van der Waals surface area (Å²) >= 11 is 0. The van der Waals surface area contributed by atoms with Gasteiger partial charge in [0.05, 0.1) is 4.90 Å². The zero-order valence-corrected chi connectivity index (χ0v) is 12.9. The Morgan fingerprint density at radius 3 is 2.45 bits per heavy atom. The maximum atomic E-state index is 12.5. The molecule has 1 aliphatic rings. The Kier molecular flexibility index (Phi) is 4.82. The number of hydrogen-bond donors (Lipinski definition) is 1. The number of anilines is 1. The van der Waals surface area contributed by atoms with Gasteiger partial charge in [0.2, 0.25) is 15.9 Å². The first kappa shape index (κ1) is 16.4. The van der Waals surface area contributed by atoms with Crippen LogP contribution in [0.25, 0.3) is 0 Å². The Bertz CT molecular complexity index is 669. The molecule has 22 heavy (non-hydrogen) atoms. The van der Waals surface area contributed by atoms with Crippen molar-refractivity contribution in [1.82, 2.24) is 4.31 Å². The number of sulfonamides is 1. The highest BCUT2D eigenvalue weighted by Gasteiger charge is 2.30. The first-order valence-corrected chi connectivity index (χ1v) is 8.33. The predicted octanol–water partition coefficient (Wildman–Crippen LogP) is -0.204. The van der Waals surface area contributed by atoms with E-state index in [1.807, 2.05) is 0 Å². The van der Waals surface area contributed by atoms with Crippen molar-refractivity contribution < 1.29 is 23.1 Å². The number of carboxylic acid groups (broad SMARTS) is 1. The third-order valence-corrected chi connectivity index (χ3v) is 5.41. The molecule has 7 nitrogen and oxygen atoms in total. The van der Waals surface area contributed by atoms with E-state index in [1.54, 1.807) is 0 Å². The van der Waals surface area contributed by atoms with Gasteiger partial charge in [-0.2, -0.15) is 4.31 Å². The molecule has 0 saturated carbocycles. The highest BCUT2D eigenvalue weighted by molar-refractivity contribution is 7.89. The number of carboxylic acids is 1. The largest absolute Gasteiger partial charge is 0.550 e. The van der Waals surface area contributed by atoms with Crippen molar-refractivity contribution >= 4 is 27.6 Å². The van der Waals surface area contributed by atoms with Gasteiger partial charge in [-0.25, -0.2) is 8.42 Å². The van der Waals surface area contributed by atoms with Crippen LogP contribution in [0.5, 0.6) is 0 Å². The molecule has 0 aromatic heterocycles. The lowest BCUT2D eigenvalue weighted by Gasteiger charge is -2.32. The van der Waals surface area contributed by atoms with E-state index >= 15 is 0 Å². The lowest BCUT2D eigenvalue weighted by Crippen LogP contribution is -2.46. The molecule has 1 aliphatic heterocycles. The van der Waals surface area contributed by atoms with E-state index in [0.29, 0.717) is 25.1 Å². The summed E-state index contributed by atoms with van der Waals surface area (Å²) in [5, 5.41) is 13.5. The average Bonchev–Trinajstić information content (AvgIpc) is 2.47. The number of aliphatic carboxylic acids is 1. The van der Waals surface area contributed by atoms with E-state index in [1.165, 1.54) is 35.5 Å². The highest BCUT2D eigenvalue weighted by Crippen LogP contribution is 2.24. The van der Waals surface area contributed by atoms with Crippen LogP contribution in [0.3, 0.4) is 0 Å². The fourth-order valence-electron chi connectivity index (χ4n) is 2.42. The van der Waals surface area contributed by atoms with Gasteiger partial charge in [-0.05, 0) is 37.1 Å². The number of piperidine rings is 1. The van der Waals surface area contributed by atoms with Gasteiger partial charge in [0.1, 0.15) is 0 Å². The van der Waals surface area contributed by atoms with Gasteiger partial charge in [-0.1, -0.05) is 0 Å². The molecule has 1 N–H and O–H groups in total. The van der Waals surface area contributed by atoms with E-state index in [2.05, 4.69) is 5.32 Å². The summed E-state index contributed by atoms with van der Waals surface area (Å²) in [5.74, 6) is -2.24. The van der Waals surface area contributed by atoms with Crippen LogP contribution in [0.2, 0.25) is 0 Å². The molecule has 1 aromatic carbocycles. The first-order valence-electron chi connectivity index (χ1n) is 6.89. The fourth-order valence-corrected chi connectivity index (χ4v) is 3.94.